The minimum atomic E-state index is 0.133. The van der Waals surface area contributed by atoms with Crippen LogP contribution >= 0.6 is 11.3 Å². The van der Waals surface area contributed by atoms with E-state index in [4.69, 9.17) is 0 Å². The molecule has 1 aliphatic rings. The van der Waals surface area contributed by atoms with Gasteiger partial charge in [-0.2, -0.15) is 5.10 Å². The molecule has 1 saturated heterocycles. The molecule has 3 heterocycles. The van der Waals surface area contributed by atoms with Gasteiger partial charge < -0.3 is 5.32 Å². The van der Waals surface area contributed by atoms with E-state index in [0.29, 0.717) is 12.6 Å². The van der Waals surface area contributed by atoms with Crippen LogP contribution in [0.15, 0.2) is 36.0 Å². The molecule has 0 bridgehead atoms. The molecular weight excluding hydrogens is 308 g/mol. The lowest BCUT2D eigenvalue weighted by molar-refractivity contribution is -0.123. The van der Waals surface area contributed by atoms with E-state index in [2.05, 4.69) is 32.8 Å². The molecule has 0 aromatic carbocycles. The van der Waals surface area contributed by atoms with Crippen LogP contribution in [0.2, 0.25) is 0 Å². The molecular formula is C17H24N4OS. The Labute approximate surface area is 141 Å². The summed E-state index contributed by atoms with van der Waals surface area (Å²) in [6.45, 7) is 3.09. The van der Waals surface area contributed by atoms with Gasteiger partial charge in [0.15, 0.2) is 0 Å². The third-order valence-electron chi connectivity index (χ3n) is 4.33. The van der Waals surface area contributed by atoms with Gasteiger partial charge in [-0.25, -0.2) is 0 Å². The molecule has 0 spiro atoms. The third-order valence-corrected chi connectivity index (χ3v) is 5.26. The Hall–Kier alpha value is -1.66. The summed E-state index contributed by atoms with van der Waals surface area (Å²) in [6.07, 6.45) is 8.28. The van der Waals surface area contributed by atoms with Gasteiger partial charge in [-0.05, 0) is 43.3 Å². The first kappa shape index (κ1) is 16.2. The number of likely N-dealkylation sites (tertiary alicyclic amines) is 1. The highest BCUT2D eigenvalue weighted by Gasteiger charge is 2.24. The summed E-state index contributed by atoms with van der Waals surface area (Å²) in [6, 6.07) is 6.52. The number of nitrogens with zero attached hydrogens (tertiary/aromatic N) is 3. The number of hydrogen-bond acceptors (Lipinski definition) is 4. The third kappa shape index (κ3) is 4.91. The lowest BCUT2D eigenvalue weighted by Gasteiger charge is -2.35. The summed E-state index contributed by atoms with van der Waals surface area (Å²) in [5.74, 6) is 0.133. The van der Waals surface area contributed by atoms with Crippen LogP contribution < -0.4 is 5.32 Å². The zero-order valence-corrected chi connectivity index (χ0v) is 14.2. The van der Waals surface area contributed by atoms with Crippen molar-refractivity contribution < 1.29 is 4.79 Å². The van der Waals surface area contributed by atoms with Gasteiger partial charge in [0.1, 0.15) is 0 Å². The van der Waals surface area contributed by atoms with E-state index in [9.17, 15) is 4.79 Å². The normalized spacial score (nSPS) is 18.9. The van der Waals surface area contributed by atoms with Gasteiger partial charge in [0.25, 0.3) is 0 Å². The summed E-state index contributed by atoms with van der Waals surface area (Å²) in [4.78, 5) is 15.8. The SMILES string of the molecule is O=C(CN1CCCC[C@@H]1Cn1cccn1)NCCc1cccs1. The van der Waals surface area contributed by atoms with Crippen molar-refractivity contribution in [2.45, 2.75) is 38.3 Å². The Morgan fingerprint density at radius 1 is 1.39 bits per heavy atom. The van der Waals surface area contributed by atoms with Gasteiger partial charge in [0.05, 0.1) is 13.1 Å². The summed E-state index contributed by atoms with van der Waals surface area (Å²) in [5, 5.41) is 9.42. The predicted molar refractivity (Wildman–Crippen MR) is 92.5 cm³/mol. The van der Waals surface area contributed by atoms with Crippen molar-refractivity contribution in [3.63, 3.8) is 0 Å². The molecule has 0 aliphatic carbocycles. The molecule has 1 N–H and O–H groups in total. The van der Waals surface area contributed by atoms with E-state index >= 15 is 0 Å². The number of carbonyl (C=O) groups is 1. The fourth-order valence-corrected chi connectivity index (χ4v) is 3.83. The van der Waals surface area contributed by atoms with Crippen molar-refractivity contribution in [2.24, 2.45) is 0 Å². The Kier molecular flexibility index (Phi) is 5.82. The van der Waals surface area contributed by atoms with Gasteiger partial charge in [-0.3, -0.25) is 14.4 Å². The summed E-state index contributed by atoms with van der Waals surface area (Å²) in [5.41, 5.74) is 0. The van der Waals surface area contributed by atoms with Crippen LogP contribution in [0, 0.1) is 0 Å². The first-order valence-corrected chi connectivity index (χ1v) is 9.20. The van der Waals surface area contributed by atoms with Gasteiger partial charge in [-0.1, -0.05) is 12.5 Å². The highest BCUT2D eigenvalue weighted by atomic mass is 32.1. The summed E-state index contributed by atoms with van der Waals surface area (Å²) in [7, 11) is 0. The molecule has 6 heteroatoms. The highest BCUT2D eigenvalue weighted by molar-refractivity contribution is 7.09. The van der Waals surface area contributed by atoms with E-state index in [1.807, 2.05) is 23.1 Å². The Bertz CT molecular complexity index is 582. The van der Waals surface area contributed by atoms with Crippen LogP contribution in [-0.4, -0.2) is 46.3 Å². The van der Waals surface area contributed by atoms with Crippen LogP contribution in [0.4, 0.5) is 0 Å². The molecule has 2 aromatic rings. The van der Waals surface area contributed by atoms with Crippen LogP contribution in [0.5, 0.6) is 0 Å². The number of piperidine rings is 1. The number of rotatable bonds is 7. The highest BCUT2D eigenvalue weighted by Crippen LogP contribution is 2.18. The van der Waals surface area contributed by atoms with Crippen LogP contribution in [-0.2, 0) is 17.8 Å². The number of carbonyl (C=O) groups excluding carboxylic acids is 1. The molecule has 0 saturated carbocycles. The van der Waals surface area contributed by atoms with Crippen molar-refractivity contribution >= 4 is 17.2 Å². The average Bonchev–Trinajstić information content (AvgIpc) is 3.23. The zero-order valence-electron chi connectivity index (χ0n) is 13.4. The summed E-state index contributed by atoms with van der Waals surface area (Å²) < 4.78 is 1.97. The maximum atomic E-state index is 12.2. The Morgan fingerprint density at radius 3 is 3.13 bits per heavy atom. The molecule has 1 atom stereocenters. The number of amides is 1. The molecule has 1 amide bonds. The number of nitrogens with one attached hydrogen (secondary N) is 1. The standard InChI is InChI=1S/C17H24N4OS/c22-17(18-9-7-16-6-3-12-23-16)14-20-10-2-1-5-15(20)13-21-11-4-8-19-21/h3-4,6,8,11-12,15H,1-2,5,7,9-10,13-14H2,(H,18,22)/t15-/m1/s1. The molecule has 5 nitrogen and oxygen atoms in total. The molecule has 0 unspecified atom stereocenters. The van der Waals surface area contributed by atoms with E-state index in [-0.39, 0.29) is 5.91 Å². The van der Waals surface area contributed by atoms with Crippen molar-refractivity contribution in [2.75, 3.05) is 19.6 Å². The molecule has 1 aliphatic heterocycles. The van der Waals surface area contributed by atoms with Crippen molar-refractivity contribution in [3.05, 3.63) is 40.8 Å². The minimum absolute atomic E-state index is 0.133. The molecule has 1 fully saturated rings. The van der Waals surface area contributed by atoms with Crippen molar-refractivity contribution in [3.8, 4) is 0 Å². The van der Waals surface area contributed by atoms with E-state index in [1.165, 1.54) is 17.7 Å². The molecule has 124 valence electrons. The lowest BCUT2D eigenvalue weighted by atomic mass is 10.0. The van der Waals surface area contributed by atoms with E-state index in [1.54, 1.807) is 11.3 Å². The van der Waals surface area contributed by atoms with Gasteiger partial charge in [0, 0.05) is 29.9 Å². The molecule has 3 rings (SSSR count). The quantitative estimate of drug-likeness (QED) is 0.845. The second-order valence-electron chi connectivity index (χ2n) is 6.03. The fraction of sp³-hybridized carbons (Fsp3) is 0.529. The molecule has 23 heavy (non-hydrogen) atoms. The van der Waals surface area contributed by atoms with Crippen LogP contribution in [0.3, 0.4) is 0 Å². The maximum Gasteiger partial charge on any atom is 0.234 e. The topological polar surface area (TPSA) is 50.2 Å². The van der Waals surface area contributed by atoms with Gasteiger partial charge in [0.2, 0.25) is 5.91 Å². The van der Waals surface area contributed by atoms with E-state index in [0.717, 1.165) is 32.5 Å². The molecule has 2 aromatic heterocycles. The average molecular weight is 332 g/mol. The van der Waals surface area contributed by atoms with Crippen LogP contribution in [0.1, 0.15) is 24.1 Å². The first-order chi connectivity index (χ1) is 11.3. The molecule has 0 radical (unpaired) electrons. The van der Waals surface area contributed by atoms with Crippen molar-refractivity contribution in [1.29, 1.82) is 0 Å². The van der Waals surface area contributed by atoms with Crippen LogP contribution in [0.25, 0.3) is 0 Å². The second kappa shape index (κ2) is 8.26. The number of aromatic nitrogens is 2. The van der Waals surface area contributed by atoms with Gasteiger partial charge in [-0.15, -0.1) is 11.3 Å². The number of thiophene rings is 1. The lowest BCUT2D eigenvalue weighted by Crippen LogP contribution is -2.47. The second-order valence-corrected chi connectivity index (χ2v) is 7.06. The fourth-order valence-electron chi connectivity index (χ4n) is 3.12. The summed E-state index contributed by atoms with van der Waals surface area (Å²) >= 11 is 1.74. The Balaban J connectivity index is 1.45. The largest absolute Gasteiger partial charge is 0.355 e. The van der Waals surface area contributed by atoms with E-state index < -0.39 is 0 Å². The minimum Gasteiger partial charge on any atom is -0.355 e. The van der Waals surface area contributed by atoms with Gasteiger partial charge >= 0.3 is 0 Å². The monoisotopic (exact) mass is 332 g/mol. The number of hydrogen-bond donors (Lipinski definition) is 1. The maximum absolute atomic E-state index is 12.2. The predicted octanol–water partition coefficient (Wildman–Crippen LogP) is 2.16. The first-order valence-electron chi connectivity index (χ1n) is 8.32. The Morgan fingerprint density at radius 2 is 2.35 bits per heavy atom. The van der Waals surface area contributed by atoms with Crippen molar-refractivity contribution in [1.82, 2.24) is 20.0 Å². The zero-order chi connectivity index (χ0) is 15.9. The smallest absolute Gasteiger partial charge is 0.234 e.